The van der Waals surface area contributed by atoms with Gasteiger partial charge in [0.25, 0.3) is 0 Å². The quantitative estimate of drug-likeness (QED) is 0.175. The molecular weight excluding hydrogens is 593 g/mol. The second kappa shape index (κ2) is 11.1. The van der Waals surface area contributed by atoms with Crippen LogP contribution in [0.25, 0.3) is 98.8 Å². The van der Waals surface area contributed by atoms with Gasteiger partial charge in [-0.05, 0) is 101 Å². The summed E-state index contributed by atoms with van der Waals surface area (Å²) in [5, 5.41) is 3.38. The molecule has 0 amide bonds. The van der Waals surface area contributed by atoms with Crippen LogP contribution in [0.4, 0.5) is 0 Å². The molecule has 0 fully saturated rings. The molecule has 228 valence electrons. The van der Waals surface area contributed by atoms with Gasteiger partial charge in [-0.3, -0.25) is 0 Å². The lowest BCUT2D eigenvalue weighted by Gasteiger charge is -2.18. The van der Waals surface area contributed by atoms with E-state index in [0.29, 0.717) is 11.1 Å². The number of benzene rings is 9. The van der Waals surface area contributed by atoms with E-state index in [1.165, 1.54) is 0 Å². The minimum absolute atomic E-state index is 0.0787. The average Bonchev–Trinajstić information content (AvgIpc) is 3.66. The Labute approximate surface area is 302 Å². The SMILES string of the molecule is [2H]c1c([2H])c([2H])c(-c2c3c([2H])c([2H])c([2H])c([2H])c3c(-c3ccc(-c4ccc5oc6cc(-c7cccc8ccccc78)ccc6c5c4)cc3)c3c([2H])c([2H])c([2H])c([2H])c23)c([2H])c1[2H]. The highest BCUT2D eigenvalue weighted by atomic mass is 16.3. The molecule has 1 heteroatoms. The normalized spacial score (nSPS) is 15.4. The Hall–Kier alpha value is -6.44. The molecule has 0 aliphatic rings. The number of furan rings is 1. The van der Waals surface area contributed by atoms with Crippen LogP contribution in [0.1, 0.15) is 17.8 Å². The van der Waals surface area contributed by atoms with E-state index in [2.05, 4.69) is 36.4 Å². The molecule has 0 N–H and O–H groups in total. The van der Waals surface area contributed by atoms with Crippen molar-refractivity contribution in [2.75, 3.05) is 0 Å². The van der Waals surface area contributed by atoms with Crippen molar-refractivity contribution in [2.45, 2.75) is 0 Å². The Morgan fingerprint density at radius 3 is 1.67 bits per heavy atom. The fourth-order valence-corrected chi connectivity index (χ4v) is 6.97. The van der Waals surface area contributed by atoms with Crippen LogP contribution in [0.2, 0.25) is 0 Å². The van der Waals surface area contributed by atoms with Gasteiger partial charge in [-0.15, -0.1) is 0 Å². The summed E-state index contributed by atoms with van der Waals surface area (Å²) in [6, 6.07) is 25.3. The van der Waals surface area contributed by atoms with E-state index >= 15 is 0 Å². The standard InChI is InChI=1S/C48H30O/c1-2-12-33(13-3-1)47-40-16-6-8-18-42(40)48(43-19-9-7-17-41(43)47)34-23-21-31(22-24-34)35-26-28-45-44(29-35)39-27-25-36(30-46(39)49-45)38-20-10-14-32-11-4-5-15-37(32)38/h1-30H/i1D,2D,3D,6D,7D,8D,9D,12D,13D,16D,17D,18D,19D. The summed E-state index contributed by atoms with van der Waals surface area (Å²) in [6.45, 7) is 0. The maximum Gasteiger partial charge on any atom is 0.136 e. The minimum atomic E-state index is -0.712. The van der Waals surface area contributed by atoms with Crippen molar-refractivity contribution in [2.24, 2.45) is 0 Å². The van der Waals surface area contributed by atoms with Crippen LogP contribution in [0.5, 0.6) is 0 Å². The van der Waals surface area contributed by atoms with Crippen molar-refractivity contribution in [3.8, 4) is 44.5 Å². The Morgan fingerprint density at radius 1 is 0.347 bits per heavy atom. The lowest BCUT2D eigenvalue weighted by molar-refractivity contribution is 0.669. The van der Waals surface area contributed by atoms with Crippen LogP contribution in [0, 0.1) is 0 Å². The first-order valence-electron chi connectivity index (χ1n) is 22.3. The number of hydrogen-bond donors (Lipinski definition) is 0. The molecule has 0 radical (unpaired) electrons. The van der Waals surface area contributed by atoms with Crippen LogP contribution in [-0.2, 0) is 0 Å². The molecule has 49 heavy (non-hydrogen) atoms. The number of hydrogen-bond acceptors (Lipinski definition) is 1. The Morgan fingerprint density at radius 2 is 0.939 bits per heavy atom. The van der Waals surface area contributed by atoms with E-state index in [0.717, 1.165) is 49.4 Å². The molecule has 0 spiro atoms. The van der Waals surface area contributed by atoms with Crippen LogP contribution >= 0.6 is 0 Å². The van der Waals surface area contributed by atoms with Crippen LogP contribution in [-0.4, -0.2) is 0 Å². The van der Waals surface area contributed by atoms with Gasteiger partial charge in [0.2, 0.25) is 0 Å². The van der Waals surface area contributed by atoms with Gasteiger partial charge in [-0.25, -0.2) is 0 Å². The van der Waals surface area contributed by atoms with Gasteiger partial charge in [0, 0.05) is 10.8 Å². The molecule has 0 bridgehead atoms. The maximum atomic E-state index is 9.21. The first-order valence-corrected chi connectivity index (χ1v) is 15.8. The van der Waals surface area contributed by atoms with Crippen molar-refractivity contribution < 1.29 is 22.2 Å². The smallest absolute Gasteiger partial charge is 0.136 e. The minimum Gasteiger partial charge on any atom is -0.456 e. The fourth-order valence-electron chi connectivity index (χ4n) is 6.97. The zero-order valence-electron chi connectivity index (χ0n) is 38.7. The molecule has 0 saturated heterocycles. The molecule has 0 aliphatic heterocycles. The van der Waals surface area contributed by atoms with Gasteiger partial charge in [-0.1, -0.05) is 157 Å². The van der Waals surface area contributed by atoms with Gasteiger partial charge in [-0.2, -0.15) is 0 Å². The molecule has 0 saturated carbocycles. The van der Waals surface area contributed by atoms with E-state index in [4.69, 9.17) is 19.5 Å². The molecule has 9 aromatic carbocycles. The molecule has 1 heterocycles. The fraction of sp³-hybridized carbons (Fsp3) is 0. The highest BCUT2D eigenvalue weighted by Gasteiger charge is 2.17. The number of rotatable bonds is 4. The van der Waals surface area contributed by atoms with E-state index in [1.54, 1.807) is 12.1 Å². The van der Waals surface area contributed by atoms with E-state index in [9.17, 15) is 2.74 Å². The maximum absolute atomic E-state index is 9.21. The molecule has 10 aromatic rings. The molecule has 0 unspecified atom stereocenters. The monoisotopic (exact) mass is 635 g/mol. The molecular formula is C48H30O. The number of fused-ring (bicyclic) bond motifs is 6. The molecule has 0 atom stereocenters. The van der Waals surface area contributed by atoms with E-state index in [1.807, 2.05) is 54.6 Å². The molecule has 1 aromatic heterocycles. The second-order valence-electron chi connectivity index (χ2n) is 11.9. The summed E-state index contributed by atoms with van der Waals surface area (Å²) in [7, 11) is 0. The van der Waals surface area contributed by atoms with Crippen LogP contribution in [0.3, 0.4) is 0 Å². The van der Waals surface area contributed by atoms with Gasteiger partial charge < -0.3 is 4.42 Å². The van der Waals surface area contributed by atoms with Crippen molar-refractivity contribution in [3.05, 3.63) is 182 Å². The first-order chi connectivity index (χ1) is 29.7. The zero-order chi connectivity index (χ0) is 43.6. The zero-order valence-corrected chi connectivity index (χ0v) is 25.7. The third-order valence-electron chi connectivity index (χ3n) is 9.20. The molecule has 1 nitrogen and oxygen atoms in total. The van der Waals surface area contributed by atoms with Crippen LogP contribution in [0.15, 0.2) is 186 Å². The Kier molecular flexibility index (Phi) is 3.99. The first kappa shape index (κ1) is 17.6. The van der Waals surface area contributed by atoms with Crippen molar-refractivity contribution >= 4 is 54.3 Å². The Bertz CT molecular complexity index is 3500. The molecule has 10 rings (SSSR count). The Balaban J connectivity index is 1.19. The average molecular weight is 636 g/mol. The van der Waals surface area contributed by atoms with Gasteiger partial charge in [0.1, 0.15) is 11.2 Å². The topological polar surface area (TPSA) is 13.1 Å². The van der Waals surface area contributed by atoms with Gasteiger partial charge in [0.15, 0.2) is 0 Å². The predicted molar refractivity (Wildman–Crippen MR) is 208 cm³/mol. The highest BCUT2D eigenvalue weighted by Crippen LogP contribution is 2.44. The molecule has 0 aliphatic carbocycles. The third kappa shape index (κ3) is 4.47. The summed E-state index contributed by atoms with van der Waals surface area (Å²) < 4.78 is 121. The largest absolute Gasteiger partial charge is 0.456 e. The lowest BCUT2D eigenvalue weighted by atomic mass is 9.86. The van der Waals surface area contributed by atoms with E-state index in [-0.39, 0.29) is 32.7 Å². The predicted octanol–water partition coefficient (Wildman–Crippen LogP) is 13.7. The van der Waals surface area contributed by atoms with Gasteiger partial charge in [0.05, 0.1) is 17.8 Å². The summed E-state index contributed by atoms with van der Waals surface area (Å²) in [6.07, 6.45) is 0. The summed E-state index contributed by atoms with van der Waals surface area (Å²) in [5.41, 5.74) is 4.88. The summed E-state index contributed by atoms with van der Waals surface area (Å²) in [5.74, 6) is 0. The highest BCUT2D eigenvalue weighted by molar-refractivity contribution is 6.21. The summed E-state index contributed by atoms with van der Waals surface area (Å²) in [4.78, 5) is 0. The van der Waals surface area contributed by atoms with Crippen molar-refractivity contribution in [1.29, 1.82) is 0 Å². The summed E-state index contributed by atoms with van der Waals surface area (Å²) >= 11 is 0. The second-order valence-corrected chi connectivity index (χ2v) is 11.9. The van der Waals surface area contributed by atoms with Crippen molar-refractivity contribution in [1.82, 2.24) is 0 Å². The third-order valence-corrected chi connectivity index (χ3v) is 9.20. The van der Waals surface area contributed by atoms with Gasteiger partial charge >= 0.3 is 0 Å². The van der Waals surface area contributed by atoms with Crippen LogP contribution < -0.4 is 0 Å². The van der Waals surface area contributed by atoms with Crippen molar-refractivity contribution in [3.63, 3.8) is 0 Å². The lowest BCUT2D eigenvalue weighted by Crippen LogP contribution is -1.90. The van der Waals surface area contributed by atoms with E-state index < -0.39 is 84.1 Å².